The van der Waals surface area contributed by atoms with Crippen molar-refractivity contribution in [2.45, 2.75) is 38.6 Å². The molecule has 2 aliphatic carbocycles. The number of nitrogens with one attached hydrogen (secondary N) is 1. The molecule has 0 aromatic carbocycles. The molecule has 2 rings (SSSR count). The molecule has 86 valence electrons. The molecule has 0 aromatic heterocycles. The predicted octanol–water partition coefficient (Wildman–Crippen LogP) is 2.36. The van der Waals surface area contributed by atoms with Gasteiger partial charge in [-0.15, -0.1) is 0 Å². The van der Waals surface area contributed by atoms with Gasteiger partial charge >= 0.3 is 0 Å². The summed E-state index contributed by atoms with van der Waals surface area (Å²) in [6, 6.07) is 0.764. The number of rotatable bonds is 7. The smallest absolute Gasteiger partial charge is 0.0478 e. The van der Waals surface area contributed by atoms with Gasteiger partial charge in [0.1, 0.15) is 0 Å². The first-order chi connectivity index (χ1) is 7.42. The van der Waals surface area contributed by atoms with E-state index < -0.39 is 0 Å². The quantitative estimate of drug-likeness (QED) is 0.513. The van der Waals surface area contributed by atoms with E-state index in [1.165, 1.54) is 12.8 Å². The second kappa shape index (κ2) is 5.66. The van der Waals surface area contributed by atoms with E-state index in [1.807, 2.05) is 0 Å². The summed E-state index contributed by atoms with van der Waals surface area (Å²) < 4.78 is 5.45. The standard InChI is InChI=1S/C13H23NO/c1-2-8-15-9-4-7-14-13-10-11-5-3-6-12(11)13/h3,6,11-14H,2,4-5,7-10H2,1H3. The molecule has 1 saturated carbocycles. The predicted molar refractivity (Wildman–Crippen MR) is 62.9 cm³/mol. The van der Waals surface area contributed by atoms with Crippen LogP contribution in [0.1, 0.15) is 32.6 Å². The molecule has 0 amide bonds. The highest BCUT2D eigenvalue weighted by Crippen LogP contribution is 2.42. The van der Waals surface area contributed by atoms with Crippen LogP contribution in [-0.4, -0.2) is 25.8 Å². The first-order valence-corrected chi connectivity index (χ1v) is 6.39. The Morgan fingerprint density at radius 1 is 1.40 bits per heavy atom. The summed E-state index contributed by atoms with van der Waals surface area (Å²) in [6.45, 7) is 5.10. The van der Waals surface area contributed by atoms with Crippen molar-refractivity contribution in [2.24, 2.45) is 11.8 Å². The summed E-state index contributed by atoms with van der Waals surface area (Å²) in [6.07, 6.45) is 9.74. The van der Waals surface area contributed by atoms with E-state index >= 15 is 0 Å². The number of fused-ring (bicyclic) bond motifs is 1. The summed E-state index contributed by atoms with van der Waals surface area (Å²) in [5, 5.41) is 3.64. The van der Waals surface area contributed by atoms with Crippen LogP contribution in [0.3, 0.4) is 0 Å². The van der Waals surface area contributed by atoms with E-state index in [-0.39, 0.29) is 0 Å². The van der Waals surface area contributed by atoms with Gasteiger partial charge in [0.05, 0.1) is 0 Å². The Kier molecular flexibility index (Phi) is 4.21. The molecule has 0 aliphatic heterocycles. The van der Waals surface area contributed by atoms with Crippen LogP contribution in [0.5, 0.6) is 0 Å². The average molecular weight is 209 g/mol. The Morgan fingerprint density at radius 3 is 3.13 bits per heavy atom. The average Bonchev–Trinajstić information content (AvgIpc) is 2.59. The number of allylic oxidation sites excluding steroid dienone is 1. The number of ether oxygens (including phenoxy) is 1. The molecule has 0 spiro atoms. The van der Waals surface area contributed by atoms with Crippen LogP contribution in [0, 0.1) is 11.8 Å². The van der Waals surface area contributed by atoms with E-state index in [2.05, 4.69) is 24.4 Å². The molecule has 2 nitrogen and oxygen atoms in total. The lowest BCUT2D eigenvalue weighted by Gasteiger charge is -2.40. The van der Waals surface area contributed by atoms with E-state index in [1.54, 1.807) is 0 Å². The van der Waals surface area contributed by atoms with Crippen LogP contribution in [0.2, 0.25) is 0 Å². The largest absolute Gasteiger partial charge is 0.381 e. The third-order valence-electron chi connectivity index (χ3n) is 3.58. The number of hydrogen-bond donors (Lipinski definition) is 1. The fourth-order valence-corrected chi connectivity index (χ4v) is 2.66. The monoisotopic (exact) mass is 209 g/mol. The second-order valence-electron chi connectivity index (χ2n) is 4.76. The molecular weight excluding hydrogens is 186 g/mol. The van der Waals surface area contributed by atoms with Crippen molar-refractivity contribution in [3.8, 4) is 0 Å². The van der Waals surface area contributed by atoms with E-state index in [4.69, 9.17) is 4.74 Å². The lowest BCUT2D eigenvalue weighted by Crippen LogP contribution is -2.48. The summed E-state index contributed by atoms with van der Waals surface area (Å²) in [4.78, 5) is 0. The van der Waals surface area contributed by atoms with Crippen LogP contribution in [0.25, 0.3) is 0 Å². The van der Waals surface area contributed by atoms with Crippen LogP contribution < -0.4 is 5.32 Å². The molecule has 3 unspecified atom stereocenters. The van der Waals surface area contributed by atoms with Gasteiger partial charge < -0.3 is 10.1 Å². The maximum Gasteiger partial charge on any atom is 0.0478 e. The van der Waals surface area contributed by atoms with Crippen LogP contribution >= 0.6 is 0 Å². The Bertz CT molecular complexity index is 215. The van der Waals surface area contributed by atoms with Gasteiger partial charge in [0.25, 0.3) is 0 Å². The molecule has 1 fully saturated rings. The third kappa shape index (κ3) is 2.82. The van der Waals surface area contributed by atoms with Crippen molar-refractivity contribution in [2.75, 3.05) is 19.8 Å². The van der Waals surface area contributed by atoms with Gasteiger partial charge in [-0.2, -0.15) is 0 Å². The van der Waals surface area contributed by atoms with Crippen molar-refractivity contribution in [1.29, 1.82) is 0 Å². The summed E-state index contributed by atoms with van der Waals surface area (Å²) >= 11 is 0. The van der Waals surface area contributed by atoms with Crippen LogP contribution in [0.15, 0.2) is 12.2 Å². The molecule has 1 N–H and O–H groups in total. The van der Waals surface area contributed by atoms with Crippen molar-refractivity contribution < 1.29 is 4.74 Å². The topological polar surface area (TPSA) is 21.3 Å². The van der Waals surface area contributed by atoms with E-state index in [0.717, 1.165) is 50.5 Å². The summed E-state index contributed by atoms with van der Waals surface area (Å²) in [5.74, 6) is 1.82. The fourth-order valence-electron chi connectivity index (χ4n) is 2.66. The molecule has 3 atom stereocenters. The Labute approximate surface area is 93.1 Å². The highest BCUT2D eigenvalue weighted by Gasteiger charge is 2.40. The lowest BCUT2D eigenvalue weighted by atomic mass is 9.71. The Hall–Kier alpha value is -0.340. The zero-order chi connectivity index (χ0) is 10.5. The molecule has 2 aliphatic rings. The molecule has 0 saturated heterocycles. The fraction of sp³-hybridized carbons (Fsp3) is 0.846. The third-order valence-corrected chi connectivity index (χ3v) is 3.58. The van der Waals surface area contributed by atoms with Gasteiger partial charge in [0.2, 0.25) is 0 Å². The number of hydrogen-bond acceptors (Lipinski definition) is 2. The molecule has 15 heavy (non-hydrogen) atoms. The molecule has 0 heterocycles. The van der Waals surface area contributed by atoms with Gasteiger partial charge in [-0.1, -0.05) is 19.1 Å². The highest BCUT2D eigenvalue weighted by atomic mass is 16.5. The van der Waals surface area contributed by atoms with Crippen molar-refractivity contribution >= 4 is 0 Å². The van der Waals surface area contributed by atoms with Gasteiger partial charge in [-0.05, 0) is 44.1 Å². The van der Waals surface area contributed by atoms with Gasteiger partial charge in [0.15, 0.2) is 0 Å². The summed E-state index contributed by atoms with van der Waals surface area (Å²) in [5.41, 5.74) is 0. The molecular formula is C13H23NO. The minimum Gasteiger partial charge on any atom is -0.381 e. The molecule has 0 bridgehead atoms. The van der Waals surface area contributed by atoms with Crippen molar-refractivity contribution in [3.63, 3.8) is 0 Å². The van der Waals surface area contributed by atoms with E-state index in [0.29, 0.717) is 0 Å². The lowest BCUT2D eigenvalue weighted by molar-refractivity contribution is 0.123. The summed E-state index contributed by atoms with van der Waals surface area (Å²) in [7, 11) is 0. The van der Waals surface area contributed by atoms with Crippen LogP contribution in [0.4, 0.5) is 0 Å². The second-order valence-corrected chi connectivity index (χ2v) is 4.76. The van der Waals surface area contributed by atoms with Crippen molar-refractivity contribution in [1.82, 2.24) is 5.32 Å². The normalized spacial score (nSPS) is 32.7. The molecule has 0 radical (unpaired) electrons. The van der Waals surface area contributed by atoms with Crippen LogP contribution in [-0.2, 0) is 4.74 Å². The first-order valence-electron chi connectivity index (χ1n) is 6.39. The molecule has 0 aromatic rings. The Morgan fingerprint density at radius 2 is 2.33 bits per heavy atom. The van der Waals surface area contributed by atoms with E-state index in [9.17, 15) is 0 Å². The zero-order valence-corrected chi connectivity index (χ0v) is 9.74. The first kappa shape index (κ1) is 11.2. The highest BCUT2D eigenvalue weighted by molar-refractivity contribution is 5.12. The van der Waals surface area contributed by atoms with Crippen molar-refractivity contribution in [3.05, 3.63) is 12.2 Å². The Balaban J connectivity index is 1.47. The van der Waals surface area contributed by atoms with Gasteiger partial charge in [-0.25, -0.2) is 0 Å². The SMILES string of the molecule is CCCOCCCNC1CC2CC=CC21. The van der Waals surface area contributed by atoms with Gasteiger partial charge in [0, 0.05) is 19.3 Å². The minimum atomic E-state index is 0.764. The van der Waals surface area contributed by atoms with Gasteiger partial charge in [-0.3, -0.25) is 0 Å². The maximum atomic E-state index is 5.45. The zero-order valence-electron chi connectivity index (χ0n) is 9.74. The molecule has 2 heteroatoms. The minimum absolute atomic E-state index is 0.764. The maximum absolute atomic E-state index is 5.45.